The molecule has 0 spiro atoms. The van der Waals surface area contributed by atoms with Crippen LogP contribution in [0.5, 0.6) is 0 Å². The molecule has 2 saturated heterocycles. The van der Waals surface area contributed by atoms with Gasteiger partial charge in [-0.1, -0.05) is 6.92 Å². The second-order valence-electron chi connectivity index (χ2n) is 4.73. The van der Waals surface area contributed by atoms with Crippen LogP contribution in [0.1, 0.15) is 19.8 Å². The highest BCUT2D eigenvalue weighted by atomic mass is 32.2. The summed E-state index contributed by atoms with van der Waals surface area (Å²) >= 11 is 2.03. The number of nitrogens with zero attached hydrogens (tertiary/aromatic N) is 1. The molecule has 3 unspecified atom stereocenters. The molecule has 0 radical (unpaired) electrons. The van der Waals surface area contributed by atoms with Crippen LogP contribution in [0.4, 0.5) is 0 Å². The second kappa shape index (κ2) is 4.86. The molecule has 3 heteroatoms. The van der Waals surface area contributed by atoms with Gasteiger partial charge in [0.2, 0.25) is 0 Å². The zero-order chi connectivity index (χ0) is 9.97. The van der Waals surface area contributed by atoms with Crippen LogP contribution in [0.2, 0.25) is 0 Å². The Balaban J connectivity index is 1.75. The quantitative estimate of drug-likeness (QED) is 0.765. The monoisotopic (exact) mass is 214 g/mol. The van der Waals surface area contributed by atoms with Crippen LogP contribution in [0.25, 0.3) is 0 Å². The molecule has 0 saturated carbocycles. The lowest BCUT2D eigenvalue weighted by atomic mass is 10.0. The number of hydrogen-bond donors (Lipinski definition) is 1. The van der Waals surface area contributed by atoms with Crippen LogP contribution in [0.15, 0.2) is 0 Å². The third-order valence-corrected chi connectivity index (χ3v) is 4.76. The average molecular weight is 214 g/mol. The lowest BCUT2D eigenvalue weighted by molar-refractivity contribution is 0.280. The van der Waals surface area contributed by atoms with Gasteiger partial charge in [-0.05, 0) is 38.1 Å². The van der Waals surface area contributed by atoms with Gasteiger partial charge in [-0.2, -0.15) is 11.8 Å². The smallest absolute Gasteiger partial charge is 0.0221 e. The van der Waals surface area contributed by atoms with E-state index in [1.165, 1.54) is 39.0 Å². The molecule has 2 rings (SSSR count). The number of nitrogens with one attached hydrogen (secondary N) is 1. The SMILES string of the molecule is CSC1CCN(CC2NCCC2C)C1. The number of thioether (sulfide) groups is 1. The predicted octanol–water partition coefficient (Wildman–Crippen LogP) is 1.42. The van der Waals surface area contributed by atoms with Gasteiger partial charge >= 0.3 is 0 Å². The Kier molecular flexibility index (Phi) is 3.74. The van der Waals surface area contributed by atoms with Gasteiger partial charge in [0.05, 0.1) is 0 Å². The minimum absolute atomic E-state index is 0.760. The first-order valence-electron chi connectivity index (χ1n) is 5.78. The normalized spacial score (nSPS) is 39.4. The second-order valence-corrected chi connectivity index (χ2v) is 5.87. The number of likely N-dealkylation sites (tertiary alicyclic amines) is 1. The molecule has 2 nitrogen and oxygen atoms in total. The molecule has 3 atom stereocenters. The average Bonchev–Trinajstić information content (AvgIpc) is 2.77. The first-order chi connectivity index (χ1) is 6.79. The molecule has 0 aromatic heterocycles. The fraction of sp³-hybridized carbons (Fsp3) is 1.00. The first-order valence-corrected chi connectivity index (χ1v) is 7.07. The van der Waals surface area contributed by atoms with Gasteiger partial charge in [0.1, 0.15) is 0 Å². The summed E-state index contributed by atoms with van der Waals surface area (Å²) in [6, 6.07) is 0.760. The molecular formula is C11H22N2S. The van der Waals surface area contributed by atoms with E-state index < -0.39 is 0 Å². The van der Waals surface area contributed by atoms with Crippen LogP contribution >= 0.6 is 11.8 Å². The molecule has 2 fully saturated rings. The van der Waals surface area contributed by atoms with E-state index in [4.69, 9.17) is 0 Å². The maximum atomic E-state index is 3.62. The topological polar surface area (TPSA) is 15.3 Å². The Morgan fingerprint density at radius 3 is 2.86 bits per heavy atom. The van der Waals surface area contributed by atoms with Crippen molar-refractivity contribution in [3.63, 3.8) is 0 Å². The maximum Gasteiger partial charge on any atom is 0.0221 e. The largest absolute Gasteiger partial charge is 0.312 e. The van der Waals surface area contributed by atoms with E-state index in [1.54, 1.807) is 0 Å². The van der Waals surface area contributed by atoms with Gasteiger partial charge in [-0.15, -0.1) is 0 Å². The van der Waals surface area contributed by atoms with Crippen molar-refractivity contribution >= 4 is 11.8 Å². The van der Waals surface area contributed by atoms with E-state index in [0.717, 1.165) is 17.2 Å². The minimum atomic E-state index is 0.760. The van der Waals surface area contributed by atoms with Gasteiger partial charge in [0, 0.05) is 24.4 Å². The van der Waals surface area contributed by atoms with E-state index in [9.17, 15) is 0 Å². The molecular weight excluding hydrogens is 192 g/mol. The molecule has 2 aliphatic rings. The van der Waals surface area contributed by atoms with Gasteiger partial charge in [-0.3, -0.25) is 0 Å². The Bertz CT molecular complexity index is 186. The molecule has 0 aromatic rings. The van der Waals surface area contributed by atoms with Crippen molar-refractivity contribution in [1.82, 2.24) is 10.2 Å². The third-order valence-electron chi connectivity index (χ3n) is 3.71. The van der Waals surface area contributed by atoms with E-state index in [0.29, 0.717) is 0 Å². The van der Waals surface area contributed by atoms with Crippen molar-refractivity contribution in [3.05, 3.63) is 0 Å². The molecule has 0 amide bonds. The van der Waals surface area contributed by atoms with Crippen molar-refractivity contribution in [1.29, 1.82) is 0 Å². The lowest BCUT2D eigenvalue weighted by Crippen LogP contribution is -2.39. The number of hydrogen-bond acceptors (Lipinski definition) is 3. The molecule has 1 N–H and O–H groups in total. The zero-order valence-corrected chi connectivity index (χ0v) is 10.1. The fourth-order valence-electron chi connectivity index (χ4n) is 2.58. The highest BCUT2D eigenvalue weighted by molar-refractivity contribution is 7.99. The Morgan fingerprint density at radius 2 is 2.29 bits per heavy atom. The van der Waals surface area contributed by atoms with Crippen LogP contribution < -0.4 is 5.32 Å². The van der Waals surface area contributed by atoms with Crippen molar-refractivity contribution in [2.45, 2.75) is 31.1 Å². The summed E-state index contributed by atoms with van der Waals surface area (Å²) in [5.41, 5.74) is 0. The third kappa shape index (κ3) is 2.44. The molecule has 82 valence electrons. The number of rotatable bonds is 3. The van der Waals surface area contributed by atoms with Crippen molar-refractivity contribution in [2.75, 3.05) is 32.4 Å². The first kappa shape index (κ1) is 10.8. The summed E-state index contributed by atoms with van der Waals surface area (Å²) in [6.07, 6.45) is 5.00. The van der Waals surface area contributed by atoms with Crippen molar-refractivity contribution in [3.8, 4) is 0 Å². The molecule has 0 bridgehead atoms. The zero-order valence-electron chi connectivity index (χ0n) is 9.33. The minimum Gasteiger partial charge on any atom is -0.312 e. The predicted molar refractivity (Wildman–Crippen MR) is 63.9 cm³/mol. The summed E-state index contributed by atoms with van der Waals surface area (Å²) in [5.74, 6) is 0.878. The van der Waals surface area contributed by atoms with Crippen LogP contribution in [-0.2, 0) is 0 Å². The molecule has 14 heavy (non-hydrogen) atoms. The Hall–Kier alpha value is 0.270. The Morgan fingerprint density at radius 1 is 1.43 bits per heavy atom. The van der Waals surface area contributed by atoms with E-state index in [-0.39, 0.29) is 0 Å². The standard InChI is InChI=1S/C11H22N2S/c1-9-3-5-12-11(9)8-13-6-4-10(7-13)14-2/h9-12H,3-8H2,1-2H3. The van der Waals surface area contributed by atoms with Crippen LogP contribution in [0, 0.1) is 5.92 Å². The fourth-order valence-corrected chi connectivity index (χ4v) is 3.28. The van der Waals surface area contributed by atoms with E-state index in [1.807, 2.05) is 11.8 Å². The van der Waals surface area contributed by atoms with Crippen molar-refractivity contribution < 1.29 is 0 Å². The van der Waals surface area contributed by atoms with Crippen LogP contribution in [-0.4, -0.2) is 48.6 Å². The summed E-state index contributed by atoms with van der Waals surface area (Å²) in [5, 5.41) is 4.51. The Labute approximate surface area is 91.8 Å². The lowest BCUT2D eigenvalue weighted by Gasteiger charge is -2.23. The van der Waals surface area contributed by atoms with Gasteiger partial charge < -0.3 is 10.2 Å². The highest BCUT2D eigenvalue weighted by Gasteiger charge is 2.28. The maximum absolute atomic E-state index is 3.62. The summed E-state index contributed by atoms with van der Waals surface area (Å²) in [6.45, 7) is 7.51. The summed E-state index contributed by atoms with van der Waals surface area (Å²) in [7, 11) is 0. The van der Waals surface area contributed by atoms with E-state index in [2.05, 4.69) is 23.4 Å². The molecule has 0 aliphatic carbocycles. The summed E-state index contributed by atoms with van der Waals surface area (Å²) in [4.78, 5) is 2.64. The van der Waals surface area contributed by atoms with Crippen molar-refractivity contribution in [2.24, 2.45) is 5.92 Å². The van der Waals surface area contributed by atoms with Crippen LogP contribution in [0.3, 0.4) is 0 Å². The summed E-state index contributed by atoms with van der Waals surface area (Å²) < 4.78 is 0. The van der Waals surface area contributed by atoms with Gasteiger partial charge in [-0.25, -0.2) is 0 Å². The highest BCUT2D eigenvalue weighted by Crippen LogP contribution is 2.22. The van der Waals surface area contributed by atoms with Gasteiger partial charge in [0.15, 0.2) is 0 Å². The molecule has 0 aromatic carbocycles. The van der Waals surface area contributed by atoms with E-state index >= 15 is 0 Å². The molecule has 2 heterocycles. The molecule has 2 aliphatic heterocycles. The van der Waals surface area contributed by atoms with Gasteiger partial charge in [0.25, 0.3) is 0 Å².